The number of nitrogens with zero attached hydrogens (tertiary/aromatic N) is 1. The van der Waals surface area contributed by atoms with Gasteiger partial charge in [0.15, 0.2) is 0 Å². The Hall–Kier alpha value is -1.87. The van der Waals surface area contributed by atoms with Crippen LogP contribution in [0.25, 0.3) is 0 Å². The molecule has 0 saturated carbocycles. The monoisotopic (exact) mass is 245 g/mol. The van der Waals surface area contributed by atoms with E-state index in [1.807, 2.05) is 6.07 Å². The van der Waals surface area contributed by atoms with Gasteiger partial charge in [0.1, 0.15) is 0 Å². The molecule has 0 aromatic heterocycles. The first-order valence-corrected chi connectivity index (χ1v) is 5.79. The van der Waals surface area contributed by atoms with Crippen LogP contribution in [-0.4, -0.2) is 11.1 Å². The number of rotatable bonds is 5. The van der Waals surface area contributed by atoms with Crippen LogP contribution in [0.5, 0.6) is 0 Å². The molecule has 1 unspecified atom stereocenters. The smallest absolute Gasteiger partial charge is 0.260 e. The topological polar surface area (TPSA) is 40.5 Å². The summed E-state index contributed by atoms with van der Waals surface area (Å²) in [5.74, 6) is -0.402. The molecule has 0 aliphatic heterocycles. The summed E-state index contributed by atoms with van der Waals surface area (Å²) >= 11 is 0. The molecular weight excluding hydrogens is 226 g/mol. The summed E-state index contributed by atoms with van der Waals surface area (Å²) in [6, 6.07) is 8.69. The second-order valence-corrected chi connectivity index (χ2v) is 4.56. The minimum atomic E-state index is -0.841. The van der Waals surface area contributed by atoms with Gasteiger partial charge in [-0.3, -0.25) is 10.0 Å². The number of anilines is 1. The SMILES string of the molecule is C=CCC(C)(C(=C)C)C(=O)N(O)c1ccccc1. The van der Waals surface area contributed by atoms with Crippen LogP contribution in [0.4, 0.5) is 5.69 Å². The number of hydrogen-bond acceptors (Lipinski definition) is 2. The molecule has 0 bridgehead atoms. The number of amides is 1. The van der Waals surface area contributed by atoms with Crippen LogP contribution in [-0.2, 0) is 4.79 Å². The number of allylic oxidation sites excluding steroid dienone is 1. The van der Waals surface area contributed by atoms with E-state index in [0.717, 1.165) is 0 Å². The molecule has 0 saturated heterocycles. The van der Waals surface area contributed by atoms with Gasteiger partial charge in [-0.25, -0.2) is 0 Å². The third-order valence-corrected chi connectivity index (χ3v) is 3.16. The van der Waals surface area contributed by atoms with Crippen molar-refractivity contribution in [3.05, 3.63) is 55.1 Å². The van der Waals surface area contributed by atoms with E-state index in [-0.39, 0.29) is 0 Å². The van der Waals surface area contributed by atoms with Crippen molar-refractivity contribution in [1.82, 2.24) is 0 Å². The Bertz CT molecular complexity index is 453. The molecule has 0 spiro atoms. The van der Waals surface area contributed by atoms with Crippen LogP contribution in [0.1, 0.15) is 20.3 Å². The number of benzene rings is 1. The van der Waals surface area contributed by atoms with Gasteiger partial charge in [-0.15, -0.1) is 6.58 Å². The zero-order valence-corrected chi connectivity index (χ0v) is 10.9. The lowest BCUT2D eigenvalue weighted by Gasteiger charge is -2.31. The quantitative estimate of drug-likeness (QED) is 0.489. The summed E-state index contributed by atoms with van der Waals surface area (Å²) in [4.78, 5) is 12.4. The maximum absolute atomic E-state index is 12.4. The maximum atomic E-state index is 12.4. The van der Waals surface area contributed by atoms with Gasteiger partial charge in [0, 0.05) is 0 Å². The van der Waals surface area contributed by atoms with Gasteiger partial charge in [0.2, 0.25) is 0 Å². The van der Waals surface area contributed by atoms with E-state index >= 15 is 0 Å². The summed E-state index contributed by atoms with van der Waals surface area (Å²) in [5.41, 5.74) is 0.299. The first-order valence-electron chi connectivity index (χ1n) is 5.79. The zero-order valence-electron chi connectivity index (χ0n) is 10.9. The molecule has 0 heterocycles. The number of hydrogen-bond donors (Lipinski definition) is 1. The van der Waals surface area contributed by atoms with Crippen LogP contribution in [0.3, 0.4) is 0 Å². The molecule has 96 valence electrons. The highest BCUT2D eigenvalue weighted by atomic mass is 16.5. The van der Waals surface area contributed by atoms with Gasteiger partial charge < -0.3 is 0 Å². The van der Waals surface area contributed by atoms with Crippen LogP contribution in [0.15, 0.2) is 55.1 Å². The normalized spacial score (nSPS) is 13.5. The van der Waals surface area contributed by atoms with Gasteiger partial charge >= 0.3 is 0 Å². The predicted molar refractivity (Wildman–Crippen MR) is 73.4 cm³/mol. The summed E-state index contributed by atoms with van der Waals surface area (Å²) < 4.78 is 0. The van der Waals surface area contributed by atoms with Crippen molar-refractivity contribution in [3.63, 3.8) is 0 Å². The maximum Gasteiger partial charge on any atom is 0.260 e. The van der Waals surface area contributed by atoms with Gasteiger partial charge in [0.05, 0.1) is 11.1 Å². The first-order chi connectivity index (χ1) is 8.43. The van der Waals surface area contributed by atoms with Crippen LogP contribution < -0.4 is 5.06 Å². The van der Waals surface area contributed by atoms with Gasteiger partial charge in [-0.05, 0) is 32.4 Å². The van der Waals surface area contributed by atoms with Crippen molar-refractivity contribution < 1.29 is 10.0 Å². The minimum Gasteiger partial charge on any atom is -0.281 e. The van der Waals surface area contributed by atoms with E-state index in [1.54, 1.807) is 44.2 Å². The van der Waals surface area contributed by atoms with E-state index < -0.39 is 11.3 Å². The second kappa shape index (κ2) is 5.65. The Morgan fingerprint density at radius 1 is 1.44 bits per heavy atom. The molecular formula is C15H19NO2. The molecule has 1 amide bonds. The fraction of sp³-hybridized carbons (Fsp3) is 0.267. The fourth-order valence-corrected chi connectivity index (χ4v) is 1.65. The molecule has 18 heavy (non-hydrogen) atoms. The molecule has 3 heteroatoms. The Kier molecular flexibility index (Phi) is 4.45. The van der Waals surface area contributed by atoms with E-state index in [0.29, 0.717) is 22.7 Å². The predicted octanol–water partition coefficient (Wildman–Crippen LogP) is 3.57. The van der Waals surface area contributed by atoms with E-state index in [4.69, 9.17) is 0 Å². The lowest BCUT2D eigenvalue weighted by molar-refractivity contribution is -0.130. The molecule has 1 rings (SSSR count). The molecule has 0 aliphatic carbocycles. The van der Waals surface area contributed by atoms with Crippen molar-refractivity contribution >= 4 is 11.6 Å². The van der Waals surface area contributed by atoms with Gasteiger partial charge in [-0.2, -0.15) is 5.06 Å². The lowest BCUT2D eigenvalue weighted by Crippen LogP contribution is -2.41. The van der Waals surface area contributed by atoms with E-state index in [2.05, 4.69) is 13.2 Å². The Balaban J connectivity index is 3.05. The van der Waals surface area contributed by atoms with Crippen LogP contribution in [0, 0.1) is 5.41 Å². The molecule has 3 nitrogen and oxygen atoms in total. The van der Waals surface area contributed by atoms with Crippen molar-refractivity contribution in [2.75, 3.05) is 5.06 Å². The Labute approximate surface area is 108 Å². The standard InChI is InChI=1S/C15H19NO2/c1-5-11-15(4,12(2)3)14(17)16(18)13-9-7-6-8-10-13/h5-10,18H,1-2,11H2,3-4H3. The molecule has 0 aliphatic rings. The number of hydroxylamine groups is 1. The molecule has 1 atom stereocenters. The van der Waals surface area contributed by atoms with Crippen molar-refractivity contribution in [2.24, 2.45) is 5.41 Å². The Morgan fingerprint density at radius 2 is 2.00 bits per heavy atom. The summed E-state index contributed by atoms with van der Waals surface area (Å²) in [6.45, 7) is 11.0. The third-order valence-electron chi connectivity index (χ3n) is 3.16. The summed E-state index contributed by atoms with van der Waals surface area (Å²) in [7, 11) is 0. The highest BCUT2D eigenvalue weighted by Crippen LogP contribution is 2.33. The van der Waals surface area contributed by atoms with Gasteiger partial charge in [-0.1, -0.05) is 36.4 Å². The number of carbonyl (C=O) groups is 1. The number of para-hydroxylation sites is 1. The second-order valence-electron chi connectivity index (χ2n) is 4.56. The molecule has 1 aromatic rings. The fourth-order valence-electron chi connectivity index (χ4n) is 1.65. The van der Waals surface area contributed by atoms with E-state index in [1.165, 1.54) is 0 Å². The molecule has 1 aromatic carbocycles. The van der Waals surface area contributed by atoms with Crippen LogP contribution in [0.2, 0.25) is 0 Å². The van der Waals surface area contributed by atoms with Crippen molar-refractivity contribution in [2.45, 2.75) is 20.3 Å². The van der Waals surface area contributed by atoms with E-state index in [9.17, 15) is 10.0 Å². The number of carbonyl (C=O) groups excluding carboxylic acids is 1. The molecule has 1 N–H and O–H groups in total. The highest BCUT2D eigenvalue weighted by Gasteiger charge is 2.36. The van der Waals surface area contributed by atoms with Crippen molar-refractivity contribution in [3.8, 4) is 0 Å². The minimum absolute atomic E-state index is 0.402. The zero-order chi connectivity index (χ0) is 13.8. The molecule has 0 fully saturated rings. The highest BCUT2D eigenvalue weighted by molar-refractivity contribution is 5.97. The van der Waals surface area contributed by atoms with Gasteiger partial charge in [0.25, 0.3) is 5.91 Å². The Morgan fingerprint density at radius 3 is 2.44 bits per heavy atom. The average molecular weight is 245 g/mol. The average Bonchev–Trinajstić information content (AvgIpc) is 2.38. The first kappa shape index (κ1) is 14.2. The summed E-state index contributed by atoms with van der Waals surface area (Å²) in [6.07, 6.45) is 2.09. The van der Waals surface area contributed by atoms with Crippen molar-refractivity contribution in [1.29, 1.82) is 0 Å². The van der Waals surface area contributed by atoms with Crippen LogP contribution >= 0.6 is 0 Å². The third kappa shape index (κ3) is 2.68. The summed E-state index contributed by atoms with van der Waals surface area (Å²) in [5, 5.41) is 10.7. The lowest BCUT2D eigenvalue weighted by atomic mass is 9.79. The largest absolute Gasteiger partial charge is 0.281 e. The molecule has 0 radical (unpaired) electrons.